The highest BCUT2D eigenvalue weighted by Gasteiger charge is 2.40. The average Bonchev–Trinajstić information content (AvgIpc) is 2.39. The van der Waals surface area contributed by atoms with E-state index in [9.17, 15) is 9.59 Å². The van der Waals surface area contributed by atoms with Gasteiger partial charge in [-0.05, 0) is 25.8 Å². The number of nitrogens with zero attached hydrogens (tertiary/aromatic N) is 1. The number of carbonyl (C=O) groups is 2. The molecule has 5 nitrogen and oxygen atoms in total. The number of carbonyl (C=O) groups excluding carboxylic acids is 2. The van der Waals surface area contributed by atoms with Crippen molar-refractivity contribution in [2.75, 3.05) is 33.8 Å². The van der Waals surface area contributed by atoms with Gasteiger partial charge in [0.1, 0.15) is 6.54 Å². The monoisotopic (exact) mass is 256 g/mol. The predicted octanol–water partition coefficient (Wildman–Crippen LogP) is 0.788. The van der Waals surface area contributed by atoms with Gasteiger partial charge in [-0.15, -0.1) is 0 Å². The van der Waals surface area contributed by atoms with Crippen molar-refractivity contribution < 1.29 is 14.3 Å². The van der Waals surface area contributed by atoms with Gasteiger partial charge in [-0.3, -0.25) is 9.59 Å². The predicted molar refractivity (Wildman–Crippen MR) is 69.1 cm³/mol. The Bertz CT molecular complexity index is 293. The summed E-state index contributed by atoms with van der Waals surface area (Å²) in [5, 5.41) is 3.30. The van der Waals surface area contributed by atoms with Crippen LogP contribution in [0.2, 0.25) is 0 Å². The number of amides is 1. The number of rotatable bonds is 5. The summed E-state index contributed by atoms with van der Waals surface area (Å²) in [5.41, 5.74) is -0.338. The third kappa shape index (κ3) is 3.45. The molecule has 1 aliphatic rings. The quantitative estimate of drug-likeness (QED) is 0.739. The smallest absolute Gasteiger partial charge is 0.325 e. The first-order chi connectivity index (χ1) is 8.55. The van der Waals surface area contributed by atoms with E-state index in [1.807, 2.05) is 0 Å². The molecule has 104 valence electrons. The second kappa shape index (κ2) is 6.73. The summed E-state index contributed by atoms with van der Waals surface area (Å²) in [5.74, 6) is -0.316. The highest BCUT2D eigenvalue weighted by atomic mass is 16.5. The number of hydrogen-bond donors (Lipinski definition) is 1. The van der Waals surface area contributed by atoms with Crippen LogP contribution >= 0.6 is 0 Å². The van der Waals surface area contributed by atoms with E-state index in [1.54, 1.807) is 7.05 Å². The minimum absolute atomic E-state index is 0.0286. The molecule has 0 aliphatic carbocycles. The Morgan fingerprint density at radius 2 is 2.17 bits per heavy atom. The maximum Gasteiger partial charge on any atom is 0.325 e. The topological polar surface area (TPSA) is 58.6 Å². The van der Waals surface area contributed by atoms with Gasteiger partial charge in [-0.2, -0.15) is 0 Å². The van der Waals surface area contributed by atoms with Gasteiger partial charge in [0.2, 0.25) is 5.91 Å². The van der Waals surface area contributed by atoms with Crippen LogP contribution in [0.3, 0.4) is 0 Å². The molecule has 0 aromatic heterocycles. The van der Waals surface area contributed by atoms with E-state index < -0.39 is 0 Å². The van der Waals surface area contributed by atoms with Crippen molar-refractivity contribution in [1.82, 2.24) is 10.2 Å². The maximum absolute atomic E-state index is 12.5. The molecule has 5 heteroatoms. The Kier molecular flexibility index (Phi) is 5.59. The fourth-order valence-corrected chi connectivity index (χ4v) is 2.68. The minimum Gasteiger partial charge on any atom is -0.468 e. The van der Waals surface area contributed by atoms with Crippen molar-refractivity contribution in [1.29, 1.82) is 0 Å². The normalized spacial score (nSPS) is 23.5. The first kappa shape index (κ1) is 15.0. The molecule has 1 saturated heterocycles. The van der Waals surface area contributed by atoms with Crippen LogP contribution in [0.15, 0.2) is 0 Å². The molecular weight excluding hydrogens is 232 g/mol. The number of likely N-dealkylation sites (N-methyl/N-ethyl adjacent to an activating group) is 1. The lowest BCUT2D eigenvalue weighted by Gasteiger charge is -2.38. The Morgan fingerprint density at radius 3 is 2.67 bits per heavy atom. The number of nitrogens with one attached hydrogen (secondary N) is 1. The third-order valence-electron chi connectivity index (χ3n) is 3.60. The lowest BCUT2D eigenvalue weighted by Crippen LogP contribution is -2.51. The summed E-state index contributed by atoms with van der Waals surface area (Å²) < 4.78 is 4.60. The summed E-state index contributed by atoms with van der Waals surface area (Å²) in [6.07, 6.45) is 3.75. The lowest BCUT2D eigenvalue weighted by molar-refractivity contribution is -0.151. The molecule has 0 spiro atoms. The van der Waals surface area contributed by atoms with Crippen LogP contribution in [-0.2, 0) is 14.3 Å². The van der Waals surface area contributed by atoms with Gasteiger partial charge in [0, 0.05) is 13.6 Å². The Hall–Kier alpha value is -1.10. The molecule has 1 amide bonds. The molecule has 1 aliphatic heterocycles. The van der Waals surface area contributed by atoms with E-state index in [1.165, 1.54) is 12.0 Å². The Morgan fingerprint density at radius 1 is 1.44 bits per heavy atom. The van der Waals surface area contributed by atoms with Crippen molar-refractivity contribution in [3.63, 3.8) is 0 Å². The molecule has 1 N–H and O–H groups in total. The second-order valence-electron chi connectivity index (χ2n) is 5.05. The molecule has 0 aromatic carbocycles. The van der Waals surface area contributed by atoms with Crippen LogP contribution in [0.4, 0.5) is 0 Å². The van der Waals surface area contributed by atoms with E-state index >= 15 is 0 Å². The largest absolute Gasteiger partial charge is 0.468 e. The summed E-state index contributed by atoms with van der Waals surface area (Å²) >= 11 is 0. The highest BCUT2D eigenvalue weighted by molar-refractivity contribution is 5.86. The van der Waals surface area contributed by atoms with Crippen LogP contribution in [-0.4, -0.2) is 50.6 Å². The van der Waals surface area contributed by atoms with Gasteiger partial charge >= 0.3 is 5.97 Å². The number of hydrogen-bond acceptors (Lipinski definition) is 4. The molecule has 1 heterocycles. The van der Waals surface area contributed by atoms with Gasteiger partial charge in [-0.25, -0.2) is 0 Å². The number of piperidine rings is 1. The summed E-state index contributed by atoms with van der Waals surface area (Å²) in [4.78, 5) is 25.3. The SMILES string of the molecule is CCCC1(C(=O)N(C)CC(=O)OC)CCCNC1. The van der Waals surface area contributed by atoms with Crippen molar-refractivity contribution in [3.05, 3.63) is 0 Å². The van der Waals surface area contributed by atoms with E-state index in [0.717, 1.165) is 32.2 Å². The third-order valence-corrected chi connectivity index (χ3v) is 3.60. The van der Waals surface area contributed by atoms with Crippen LogP contribution in [0.1, 0.15) is 32.6 Å². The van der Waals surface area contributed by atoms with Crippen LogP contribution < -0.4 is 5.32 Å². The van der Waals surface area contributed by atoms with Crippen molar-refractivity contribution in [3.8, 4) is 0 Å². The Labute approximate surface area is 109 Å². The van der Waals surface area contributed by atoms with Gasteiger partial charge < -0.3 is 15.0 Å². The Balaban J connectivity index is 2.72. The molecule has 0 radical (unpaired) electrons. The minimum atomic E-state index is -0.374. The number of methoxy groups -OCH3 is 1. The van der Waals surface area contributed by atoms with E-state index in [-0.39, 0.29) is 23.8 Å². The molecule has 1 unspecified atom stereocenters. The first-order valence-corrected chi connectivity index (χ1v) is 6.59. The van der Waals surface area contributed by atoms with Gasteiger partial charge in [0.05, 0.1) is 12.5 Å². The van der Waals surface area contributed by atoms with Crippen molar-refractivity contribution in [2.45, 2.75) is 32.6 Å². The second-order valence-corrected chi connectivity index (χ2v) is 5.05. The van der Waals surface area contributed by atoms with Gasteiger partial charge in [-0.1, -0.05) is 13.3 Å². The summed E-state index contributed by atoms with van der Waals surface area (Å²) in [7, 11) is 3.01. The molecule has 1 atom stereocenters. The summed E-state index contributed by atoms with van der Waals surface area (Å²) in [6, 6.07) is 0. The van der Waals surface area contributed by atoms with E-state index in [2.05, 4.69) is 17.0 Å². The number of esters is 1. The maximum atomic E-state index is 12.5. The van der Waals surface area contributed by atoms with Crippen LogP contribution in [0, 0.1) is 5.41 Å². The van der Waals surface area contributed by atoms with E-state index in [4.69, 9.17) is 0 Å². The van der Waals surface area contributed by atoms with Crippen molar-refractivity contribution >= 4 is 11.9 Å². The molecule has 1 rings (SSSR count). The zero-order chi connectivity index (χ0) is 13.6. The first-order valence-electron chi connectivity index (χ1n) is 6.59. The molecule has 0 saturated carbocycles. The molecule has 0 bridgehead atoms. The van der Waals surface area contributed by atoms with Gasteiger partial charge in [0.25, 0.3) is 0 Å². The standard InChI is InChI=1S/C13H24N2O3/c1-4-6-13(7-5-8-14-10-13)12(17)15(2)9-11(16)18-3/h14H,4-10H2,1-3H3. The van der Waals surface area contributed by atoms with Crippen molar-refractivity contribution in [2.24, 2.45) is 5.41 Å². The average molecular weight is 256 g/mol. The summed E-state index contributed by atoms with van der Waals surface area (Å²) in [6.45, 7) is 3.80. The highest BCUT2D eigenvalue weighted by Crippen LogP contribution is 2.33. The number of ether oxygens (including phenoxy) is 1. The molecular formula is C13H24N2O3. The molecule has 1 fully saturated rings. The molecule has 18 heavy (non-hydrogen) atoms. The van der Waals surface area contributed by atoms with Crippen LogP contribution in [0.5, 0.6) is 0 Å². The lowest BCUT2D eigenvalue weighted by atomic mass is 9.76. The molecule has 0 aromatic rings. The fourth-order valence-electron chi connectivity index (χ4n) is 2.68. The fraction of sp³-hybridized carbons (Fsp3) is 0.846. The van der Waals surface area contributed by atoms with Gasteiger partial charge in [0.15, 0.2) is 0 Å². The zero-order valence-corrected chi connectivity index (χ0v) is 11.6. The zero-order valence-electron chi connectivity index (χ0n) is 11.6. The van der Waals surface area contributed by atoms with Crippen LogP contribution in [0.25, 0.3) is 0 Å². The van der Waals surface area contributed by atoms with E-state index in [0.29, 0.717) is 6.54 Å².